The molecule has 0 aliphatic carbocycles. The van der Waals surface area contributed by atoms with E-state index >= 15 is 0 Å². The Morgan fingerprint density at radius 3 is 1.00 bits per heavy atom. The molecule has 0 aromatic rings. The van der Waals surface area contributed by atoms with Crippen LogP contribution >= 0.6 is 0 Å². The van der Waals surface area contributed by atoms with Crippen LogP contribution in [0.3, 0.4) is 0 Å². The summed E-state index contributed by atoms with van der Waals surface area (Å²) in [6.45, 7) is 19.9. The van der Waals surface area contributed by atoms with Gasteiger partial charge in [0.1, 0.15) is 0 Å². The molecule has 0 N–H and O–H groups in total. The van der Waals surface area contributed by atoms with Crippen LogP contribution in [0.4, 0.5) is 0 Å². The summed E-state index contributed by atoms with van der Waals surface area (Å²) < 4.78 is 0. The summed E-state index contributed by atoms with van der Waals surface area (Å²) in [6, 6.07) is 3.09. The molecule has 0 atom stereocenters. The summed E-state index contributed by atoms with van der Waals surface area (Å²) in [5, 5.41) is 0. The van der Waals surface area contributed by atoms with E-state index in [9.17, 15) is 0 Å². The van der Waals surface area contributed by atoms with E-state index in [0.717, 1.165) is 11.1 Å². The minimum atomic E-state index is -0.902. The van der Waals surface area contributed by atoms with E-state index in [4.69, 9.17) is 0 Å². The van der Waals surface area contributed by atoms with Crippen LogP contribution in [0.25, 0.3) is 0 Å². The Morgan fingerprint density at radius 1 is 0.643 bits per heavy atom. The first-order valence-corrected chi connectivity index (χ1v) is 12.7. The average Bonchev–Trinajstić information content (AvgIpc) is 2.01. The summed E-state index contributed by atoms with van der Waals surface area (Å²) in [5.74, 6) is 0. The molecule has 0 rings (SSSR count). The van der Waals surface area contributed by atoms with E-state index in [1.165, 1.54) is 0 Å². The lowest BCUT2D eigenvalue weighted by atomic mass is 10.6. The van der Waals surface area contributed by atoms with Gasteiger partial charge in [0.05, 0.1) is 0 Å². The molecule has 0 saturated carbocycles. The van der Waals surface area contributed by atoms with E-state index in [2.05, 4.69) is 53.9 Å². The predicted molar refractivity (Wildman–Crippen MR) is 74.8 cm³/mol. The second kappa shape index (κ2) is 4.97. The van der Waals surface area contributed by atoms with Crippen LogP contribution in [0.1, 0.15) is 27.7 Å². The summed E-state index contributed by atoms with van der Waals surface area (Å²) in [7, 11) is -1.80. The van der Waals surface area contributed by atoms with Crippen LogP contribution in [-0.4, -0.2) is 16.1 Å². The van der Waals surface area contributed by atoms with Crippen molar-refractivity contribution in [2.45, 2.75) is 77.1 Å². The monoisotopic (exact) mass is 230 g/mol. The van der Waals surface area contributed by atoms with Crippen molar-refractivity contribution < 1.29 is 0 Å². The Morgan fingerprint density at radius 2 is 0.857 bits per heavy atom. The van der Waals surface area contributed by atoms with Gasteiger partial charge < -0.3 is 0 Å². The van der Waals surface area contributed by atoms with Crippen LogP contribution in [0.15, 0.2) is 0 Å². The van der Waals surface area contributed by atoms with Crippen LogP contribution < -0.4 is 0 Å². The molecule has 0 amide bonds. The van der Waals surface area contributed by atoms with E-state index in [-0.39, 0.29) is 0 Å². The van der Waals surface area contributed by atoms with Gasteiger partial charge in [0, 0.05) is 16.1 Å². The third-order valence-corrected chi connectivity index (χ3v) is 14.4. The van der Waals surface area contributed by atoms with Gasteiger partial charge in [-0.2, -0.15) is 0 Å². The van der Waals surface area contributed by atoms with Gasteiger partial charge in [-0.15, -0.1) is 0 Å². The molecule has 0 heterocycles. The fourth-order valence-electron chi connectivity index (χ4n) is 1.22. The molecule has 0 aliphatic heterocycles. The molecule has 2 heteroatoms. The molecule has 0 aromatic heterocycles. The second-order valence-electron chi connectivity index (χ2n) is 6.79. The van der Waals surface area contributed by atoms with Crippen LogP contribution in [0, 0.1) is 0 Å². The number of hydrogen-bond acceptors (Lipinski definition) is 0. The highest BCUT2D eigenvalue weighted by Gasteiger charge is 2.31. The van der Waals surface area contributed by atoms with Crippen molar-refractivity contribution in [1.82, 2.24) is 0 Å². The summed E-state index contributed by atoms with van der Waals surface area (Å²) >= 11 is 0. The van der Waals surface area contributed by atoms with E-state index in [1.54, 1.807) is 12.1 Å². The lowest BCUT2D eigenvalue weighted by Gasteiger charge is -2.33. The van der Waals surface area contributed by atoms with Gasteiger partial charge in [-0.3, -0.25) is 0 Å². The minimum absolute atomic E-state index is 0.902. The van der Waals surface area contributed by atoms with E-state index in [1.807, 2.05) is 0 Å². The molecular weight excluding hydrogens is 200 g/mol. The Bertz CT molecular complexity index is 149. The highest BCUT2D eigenvalue weighted by molar-refractivity contribution is 6.83. The van der Waals surface area contributed by atoms with E-state index < -0.39 is 16.1 Å². The quantitative estimate of drug-likeness (QED) is 0.568. The maximum atomic E-state index is 2.56. The molecule has 14 heavy (non-hydrogen) atoms. The van der Waals surface area contributed by atoms with Crippen molar-refractivity contribution >= 4 is 16.1 Å². The Kier molecular flexibility index (Phi) is 5.13. The number of rotatable bonds is 5. The molecular formula is C12H30Si2. The molecule has 0 fully saturated rings. The SMILES string of the molecule is CC(C)[Si](C)(C)CC[Si](C)(C)C(C)C. The van der Waals surface area contributed by atoms with Gasteiger partial charge in [-0.1, -0.05) is 77.1 Å². The third-order valence-electron chi connectivity index (χ3n) is 4.54. The molecule has 0 unspecified atom stereocenters. The minimum Gasteiger partial charge on any atom is -0.0692 e. The van der Waals surface area contributed by atoms with Crippen molar-refractivity contribution in [2.75, 3.05) is 0 Å². The average molecular weight is 231 g/mol. The first-order valence-electron chi connectivity index (χ1n) is 6.09. The summed E-state index contributed by atoms with van der Waals surface area (Å²) in [4.78, 5) is 0. The van der Waals surface area contributed by atoms with Gasteiger partial charge in [0.15, 0.2) is 0 Å². The summed E-state index contributed by atoms with van der Waals surface area (Å²) in [6.07, 6.45) is 0. The maximum absolute atomic E-state index is 2.56. The fraction of sp³-hybridized carbons (Fsp3) is 1.00. The first-order chi connectivity index (χ1) is 6.09. The molecule has 0 bridgehead atoms. The first kappa shape index (κ1) is 14.4. The normalized spacial score (nSPS) is 14.1. The Labute approximate surface area is 93.5 Å². The predicted octanol–water partition coefficient (Wildman–Crippen LogP) is 5.22. The van der Waals surface area contributed by atoms with Crippen LogP contribution in [0.2, 0.25) is 49.4 Å². The molecule has 0 aliphatic rings. The maximum Gasteiger partial charge on any atom is 0.0496 e. The van der Waals surface area contributed by atoms with Crippen molar-refractivity contribution in [3.05, 3.63) is 0 Å². The highest BCUT2D eigenvalue weighted by Crippen LogP contribution is 2.33. The molecule has 0 nitrogen and oxygen atoms in total. The topological polar surface area (TPSA) is 0 Å². The molecule has 86 valence electrons. The third kappa shape index (κ3) is 4.30. The van der Waals surface area contributed by atoms with Crippen molar-refractivity contribution in [2.24, 2.45) is 0 Å². The van der Waals surface area contributed by atoms with Crippen LogP contribution in [-0.2, 0) is 0 Å². The van der Waals surface area contributed by atoms with E-state index in [0.29, 0.717) is 0 Å². The van der Waals surface area contributed by atoms with Gasteiger partial charge in [0.25, 0.3) is 0 Å². The highest BCUT2D eigenvalue weighted by atomic mass is 28.3. The molecule has 0 saturated heterocycles. The van der Waals surface area contributed by atoms with Crippen molar-refractivity contribution in [3.63, 3.8) is 0 Å². The zero-order chi connectivity index (χ0) is 11.6. The largest absolute Gasteiger partial charge is 0.0692 e. The van der Waals surface area contributed by atoms with Crippen molar-refractivity contribution in [1.29, 1.82) is 0 Å². The van der Waals surface area contributed by atoms with Gasteiger partial charge in [-0.05, 0) is 0 Å². The molecule has 0 radical (unpaired) electrons. The Balaban J connectivity index is 4.18. The van der Waals surface area contributed by atoms with Gasteiger partial charge >= 0.3 is 0 Å². The Hall–Kier alpha value is 0.434. The second-order valence-corrected chi connectivity index (χ2v) is 18.1. The summed E-state index contributed by atoms with van der Waals surface area (Å²) in [5.41, 5.74) is 1.89. The lowest BCUT2D eigenvalue weighted by molar-refractivity contribution is 0.960. The lowest BCUT2D eigenvalue weighted by Crippen LogP contribution is -2.36. The van der Waals surface area contributed by atoms with Gasteiger partial charge in [-0.25, -0.2) is 0 Å². The van der Waals surface area contributed by atoms with Gasteiger partial charge in [0.2, 0.25) is 0 Å². The zero-order valence-electron chi connectivity index (χ0n) is 11.6. The molecule has 0 aromatic carbocycles. The van der Waals surface area contributed by atoms with Crippen molar-refractivity contribution in [3.8, 4) is 0 Å². The number of hydrogen-bond donors (Lipinski definition) is 0. The smallest absolute Gasteiger partial charge is 0.0496 e. The van der Waals surface area contributed by atoms with Crippen LogP contribution in [0.5, 0.6) is 0 Å². The fourth-order valence-corrected chi connectivity index (χ4v) is 7.53. The standard InChI is InChI=1S/C12H30Si2/c1-11(2)13(5,6)9-10-14(7,8)12(3)4/h11-12H,9-10H2,1-8H3. The molecule has 0 spiro atoms. The zero-order valence-corrected chi connectivity index (χ0v) is 13.6.